The van der Waals surface area contributed by atoms with Crippen molar-refractivity contribution in [1.82, 2.24) is 0 Å². The zero-order valence-electron chi connectivity index (χ0n) is 12.2. The first kappa shape index (κ1) is 15.6. The Kier molecular flexibility index (Phi) is 5.83. The van der Waals surface area contributed by atoms with Crippen LogP contribution in [0.3, 0.4) is 0 Å². The normalized spacial score (nSPS) is 10.1. The lowest BCUT2D eigenvalue weighted by atomic mass is 10.1. The molecule has 0 bridgehead atoms. The van der Waals surface area contributed by atoms with Gasteiger partial charge in [0.2, 0.25) is 0 Å². The first-order valence-electron chi connectivity index (χ1n) is 7.21. The number of halogens is 1. The van der Waals surface area contributed by atoms with Crippen molar-refractivity contribution in [3.05, 3.63) is 59.7 Å². The molecule has 0 heterocycles. The van der Waals surface area contributed by atoms with E-state index in [-0.39, 0.29) is 0 Å². The standard InChI is InChI=1S/C18H19BrN2/c1-2-3-11-21(17-7-5-4-6-8-17)18-10-9-15(13-19)12-16(18)14-20/h4-10,12H,2-3,11,13H2,1H3. The molecule has 3 heteroatoms. The van der Waals surface area contributed by atoms with Crippen molar-refractivity contribution in [2.75, 3.05) is 11.4 Å². The average Bonchev–Trinajstić information content (AvgIpc) is 2.56. The average molecular weight is 343 g/mol. The Hall–Kier alpha value is -1.79. The van der Waals surface area contributed by atoms with Gasteiger partial charge in [-0.15, -0.1) is 0 Å². The summed E-state index contributed by atoms with van der Waals surface area (Å²) in [5, 5.41) is 10.2. The molecule has 2 rings (SSSR count). The Morgan fingerprint density at radius 3 is 2.52 bits per heavy atom. The summed E-state index contributed by atoms with van der Waals surface area (Å²) >= 11 is 3.45. The van der Waals surface area contributed by atoms with E-state index in [1.807, 2.05) is 24.3 Å². The summed E-state index contributed by atoms with van der Waals surface area (Å²) in [7, 11) is 0. The summed E-state index contributed by atoms with van der Waals surface area (Å²) in [5.41, 5.74) is 3.97. The fourth-order valence-electron chi connectivity index (χ4n) is 2.30. The SMILES string of the molecule is CCCCN(c1ccccc1)c1ccc(CBr)cc1C#N. The van der Waals surface area contributed by atoms with Gasteiger partial charge < -0.3 is 4.90 Å². The molecule has 0 amide bonds. The Morgan fingerprint density at radius 2 is 1.90 bits per heavy atom. The zero-order chi connectivity index (χ0) is 15.1. The van der Waals surface area contributed by atoms with Gasteiger partial charge in [0, 0.05) is 17.6 Å². The van der Waals surface area contributed by atoms with E-state index in [9.17, 15) is 5.26 Å². The Bertz CT molecular complexity index is 617. The number of para-hydroxylation sites is 1. The number of nitrogens with zero attached hydrogens (tertiary/aromatic N) is 2. The van der Waals surface area contributed by atoms with Crippen molar-refractivity contribution in [1.29, 1.82) is 5.26 Å². The number of benzene rings is 2. The van der Waals surface area contributed by atoms with E-state index in [0.29, 0.717) is 0 Å². The molecule has 0 spiro atoms. The van der Waals surface area contributed by atoms with Gasteiger partial charge in [0.25, 0.3) is 0 Å². The lowest BCUT2D eigenvalue weighted by molar-refractivity contribution is 0.785. The molecule has 0 unspecified atom stereocenters. The van der Waals surface area contributed by atoms with Crippen LogP contribution in [0.4, 0.5) is 11.4 Å². The minimum absolute atomic E-state index is 0.729. The van der Waals surface area contributed by atoms with Crippen LogP contribution in [0.2, 0.25) is 0 Å². The molecule has 0 saturated heterocycles. The molecule has 0 radical (unpaired) electrons. The van der Waals surface area contributed by atoms with E-state index in [2.05, 4.69) is 58.1 Å². The summed E-state index contributed by atoms with van der Waals surface area (Å²) < 4.78 is 0. The topological polar surface area (TPSA) is 27.0 Å². The first-order valence-corrected chi connectivity index (χ1v) is 8.34. The van der Waals surface area contributed by atoms with E-state index >= 15 is 0 Å². The van der Waals surface area contributed by atoms with Gasteiger partial charge in [-0.1, -0.05) is 53.5 Å². The molecule has 21 heavy (non-hydrogen) atoms. The van der Waals surface area contributed by atoms with Crippen molar-refractivity contribution < 1.29 is 0 Å². The fraction of sp³-hybridized carbons (Fsp3) is 0.278. The lowest BCUT2D eigenvalue weighted by Crippen LogP contribution is -2.19. The van der Waals surface area contributed by atoms with Gasteiger partial charge in [0.05, 0.1) is 11.3 Å². The van der Waals surface area contributed by atoms with Crippen LogP contribution in [-0.2, 0) is 5.33 Å². The maximum atomic E-state index is 9.47. The van der Waals surface area contributed by atoms with E-state index in [0.717, 1.165) is 47.2 Å². The highest BCUT2D eigenvalue weighted by Gasteiger charge is 2.13. The third-order valence-corrected chi connectivity index (χ3v) is 4.08. The van der Waals surface area contributed by atoms with Gasteiger partial charge in [-0.2, -0.15) is 5.26 Å². The summed E-state index contributed by atoms with van der Waals surface area (Å²) in [4.78, 5) is 2.24. The lowest BCUT2D eigenvalue weighted by Gasteiger charge is -2.26. The summed E-state index contributed by atoms with van der Waals surface area (Å²) in [6, 6.07) is 18.7. The maximum Gasteiger partial charge on any atom is 0.101 e. The Morgan fingerprint density at radius 1 is 1.14 bits per heavy atom. The molecular weight excluding hydrogens is 324 g/mol. The van der Waals surface area contributed by atoms with Crippen LogP contribution in [0.25, 0.3) is 0 Å². The minimum Gasteiger partial charge on any atom is -0.340 e. The van der Waals surface area contributed by atoms with E-state index < -0.39 is 0 Å². The Balaban J connectivity index is 2.44. The molecule has 2 aromatic carbocycles. The molecule has 0 aromatic heterocycles. The molecular formula is C18H19BrN2. The van der Waals surface area contributed by atoms with Gasteiger partial charge in [-0.05, 0) is 36.2 Å². The van der Waals surface area contributed by atoms with Crippen LogP contribution in [0.15, 0.2) is 48.5 Å². The van der Waals surface area contributed by atoms with Crippen LogP contribution in [0, 0.1) is 11.3 Å². The van der Waals surface area contributed by atoms with E-state index in [4.69, 9.17) is 0 Å². The molecule has 0 atom stereocenters. The van der Waals surface area contributed by atoms with Crippen LogP contribution < -0.4 is 4.90 Å². The number of alkyl halides is 1. The Labute approximate surface area is 135 Å². The smallest absolute Gasteiger partial charge is 0.101 e. The first-order chi connectivity index (χ1) is 10.3. The third kappa shape index (κ3) is 3.86. The third-order valence-electron chi connectivity index (χ3n) is 3.43. The second-order valence-corrected chi connectivity index (χ2v) is 5.50. The van der Waals surface area contributed by atoms with Gasteiger partial charge in [0.15, 0.2) is 0 Å². The predicted octanol–water partition coefficient (Wildman–Crippen LogP) is 5.39. The molecule has 0 fully saturated rings. The molecule has 0 aliphatic carbocycles. The van der Waals surface area contributed by atoms with Gasteiger partial charge in [0.1, 0.15) is 6.07 Å². The number of nitriles is 1. The number of anilines is 2. The molecule has 0 N–H and O–H groups in total. The van der Waals surface area contributed by atoms with Crippen LogP contribution in [0.1, 0.15) is 30.9 Å². The van der Waals surface area contributed by atoms with Crippen molar-refractivity contribution in [3.63, 3.8) is 0 Å². The van der Waals surface area contributed by atoms with Crippen molar-refractivity contribution in [3.8, 4) is 6.07 Å². The highest BCUT2D eigenvalue weighted by Crippen LogP contribution is 2.29. The minimum atomic E-state index is 0.729. The maximum absolute atomic E-state index is 9.47. The van der Waals surface area contributed by atoms with Crippen LogP contribution in [-0.4, -0.2) is 6.54 Å². The van der Waals surface area contributed by atoms with Crippen molar-refractivity contribution >= 4 is 27.3 Å². The number of hydrogen-bond acceptors (Lipinski definition) is 2. The largest absolute Gasteiger partial charge is 0.340 e. The molecule has 2 aromatic rings. The second-order valence-electron chi connectivity index (χ2n) is 4.94. The number of hydrogen-bond donors (Lipinski definition) is 0. The fourth-order valence-corrected chi connectivity index (χ4v) is 2.65. The number of rotatable bonds is 6. The van der Waals surface area contributed by atoms with Gasteiger partial charge in [-0.25, -0.2) is 0 Å². The van der Waals surface area contributed by atoms with Gasteiger partial charge in [-0.3, -0.25) is 0 Å². The van der Waals surface area contributed by atoms with Crippen molar-refractivity contribution in [2.45, 2.75) is 25.1 Å². The number of unbranched alkanes of at least 4 members (excludes halogenated alkanes) is 1. The molecule has 0 saturated carbocycles. The van der Waals surface area contributed by atoms with Crippen LogP contribution in [0.5, 0.6) is 0 Å². The van der Waals surface area contributed by atoms with Crippen molar-refractivity contribution in [2.24, 2.45) is 0 Å². The summed E-state index contributed by atoms with van der Waals surface area (Å²) in [6.45, 7) is 3.10. The monoisotopic (exact) mass is 342 g/mol. The summed E-state index contributed by atoms with van der Waals surface area (Å²) in [6.07, 6.45) is 2.23. The quantitative estimate of drug-likeness (QED) is 0.658. The van der Waals surface area contributed by atoms with Crippen LogP contribution >= 0.6 is 15.9 Å². The highest BCUT2D eigenvalue weighted by atomic mass is 79.9. The molecule has 2 nitrogen and oxygen atoms in total. The van der Waals surface area contributed by atoms with Gasteiger partial charge >= 0.3 is 0 Å². The highest BCUT2D eigenvalue weighted by molar-refractivity contribution is 9.08. The zero-order valence-corrected chi connectivity index (χ0v) is 13.8. The van der Waals surface area contributed by atoms with E-state index in [1.54, 1.807) is 0 Å². The van der Waals surface area contributed by atoms with E-state index in [1.165, 1.54) is 0 Å². The molecule has 0 aliphatic heterocycles. The summed E-state index contributed by atoms with van der Waals surface area (Å²) in [5.74, 6) is 0. The molecule has 0 aliphatic rings. The predicted molar refractivity (Wildman–Crippen MR) is 92.1 cm³/mol. The molecule has 108 valence electrons. The second kappa shape index (κ2) is 7.85.